The Morgan fingerprint density at radius 1 is 1.35 bits per heavy atom. The molecule has 0 spiro atoms. The molecule has 112 valence electrons. The molecule has 2 unspecified atom stereocenters. The molecular weight excluding hydrogens is 280 g/mol. The quantitative estimate of drug-likeness (QED) is 0.789. The number of carbonyl (C=O) groups is 1. The highest BCUT2D eigenvalue weighted by Crippen LogP contribution is 2.28. The molecule has 1 fully saturated rings. The van der Waals surface area contributed by atoms with E-state index in [1.807, 2.05) is 6.92 Å². The van der Waals surface area contributed by atoms with E-state index in [1.165, 1.54) is 6.92 Å². The number of aryl methyl sites for hydroxylation is 1. The molecule has 1 aromatic heterocycles. The van der Waals surface area contributed by atoms with Crippen LogP contribution in [0.15, 0.2) is 4.90 Å². The number of hydrogen-bond acceptors (Lipinski definition) is 3. The minimum atomic E-state index is -3.70. The summed E-state index contributed by atoms with van der Waals surface area (Å²) in [4.78, 5) is 13.8. The maximum absolute atomic E-state index is 12.5. The molecular formula is C13H20N2O4S. The van der Waals surface area contributed by atoms with E-state index in [-0.39, 0.29) is 22.2 Å². The lowest BCUT2D eigenvalue weighted by Crippen LogP contribution is -2.36. The maximum Gasteiger partial charge on any atom is 0.352 e. The van der Waals surface area contributed by atoms with Crippen molar-refractivity contribution in [2.24, 2.45) is 5.92 Å². The Hall–Kier alpha value is -1.34. The standard InChI is InChI=1S/C13H20N2O4S/c1-7-5-4-6-10(7)15-20(18,19)12-8(2)11(13(16)17)14-9(12)3/h7,10,14-15H,4-6H2,1-3H3,(H,16,17). The van der Waals surface area contributed by atoms with Crippen molar-refractivity contribution in [1.82, 2.24) is 9.71 Å². The van der Waals surface area contributed by atoms with Gasteiger partial charge in [0, 0.05) is 17.3 Å². The third-order valence-corrected chi connectivity index (χ3v) is 5.78. The van der Waals surface area contributed by atoms with E-state index >= 15 is 0 Å². The Bertz CT molecular complexity index is 633. The number of carboxylic acid groups (broad SMARTS) is 1. The van der Waals surface area contributed by atoms with Crippen molar-refractivity contribution in [1.29, 1.82) is 0 Å². The number of H-pyrrole nitrogens is 1. The molecule has 1 aromatic rings. The molecule has 20 heavy (non-hydrogen) atoms. The fourth-order valence-electron chi connectivity index (χ4n) is 2.93. The van der Waals surface area contributed by atoms with E-state index in [0.717, 1.165) is 19.3 Å². The van der Waals surface area contributed by atoms with Crippen LogP contribution in [0.4, 0.5) is 0 Å². The van der Waals surface area contributed by atoms with Crippen LogP contribution in [0.1, 0.15) is 47.9 Å². The molecule has 2 atom stereocenters. The van der Waals surface area contributed by atoms with Crippen molar-refractivity contribution in [3.63, 3.8) is 0 Å². The fraction of sp³-hybridized carbons (Fsp3) is 0.615. The Kier molecular flexibility index (Phi) is 3.93. The minimum Gasteiger partial charge on any atom is -0.477 e. The van der Waals surface area contributed by atoms with Gasteiger partial charge in [0.1, 0.15) is 10.6 Å². The van der Waals surface area contributed by atoms with Gasteiger partial charge in [-0.15, -0.1) is 0 Å². The topological polar surface area (TPSA) is 99.3 Å². The summed E-state index contributed by atoms with van der Waals surface area (Å²) in [6.07, 6.45) is 2.85. The van der Waals surface area contributed by atoms with Crippen LogP contribution in [0.2, 0.25) is 0 Å². The SMILES string of the molecule is Cc1[nH]c(C(=O)O)c(C)c1S(=O)(=O)NC1CCCC1C. The predicted octanol–water partition coefficient (Wildman–Crippen LogP) is 1.80. The van der Waals surface area contributed by atoms with Gasteiger partial charge in [0.2, 0.25) is 10.0 Å². The number of nitrogens with one attached hydrogen (secondary N) is 2. The number of rotatable bonds is 4. The second-order valence-electron chi connectivity index (χ2n) is 5.52. The highest BCUT2D eigenvalue weighted by atomic mass is 32.2. The molecule has 1 aliphatic carbocycles. The maximum atomic E-state index is 12.5. The Labute approximate surface area is 118 Å². The molecule has 1 saturated carbocycles. The summed E-state index contributed by atoms with van der Waals surface area (Å²) in [6.45, 7) is 5.12. The molecule has 7 heteroatoms. The van der Waals surface area contributed by atoms with E-state index in [0.29, 0.717) is 11.6 Å². The number of aromatic carboxylic acids is 1. The smallest absolute Gasteiger partial charge is 0.352 e. The monoisotopic (exact) mass is 300 g/mol. The zero-order valence-electron chi connectivity index (χ0n) is 11.9. The zero-order valence-corrected chi connectivity index (χ0v) is 12.7. The molecule has 1 aliphatic rings. The van der Waals surface area contributed by atoms with Gasteiger partial charge in [-0.2, -0.15) is 0 Å². The van der Waals surface area contributed by atoms with Crippen LogP contribution in [0.3, 0.4) is 0 Å². The summed E-state index contributed by atoms with van der Waals surface area (Å²) in [5.41, 5.74) is 0.550. The number of sulfonamides is 1. The van der Waals surface area contributed by atoms with Crippen molar-refractivity contribution < 1.29 is 18.3 Å². The summed E-state index contributed by atoms with van der Waals surface area (Å²) in [6, 6.07) is -0.0676. The molecule has 0 bridgehead atoms. The Morgan fingerprint density at radius 2 is 2.00 bits per heavy atom. The van der Waals surface area contributed by atoms with Crippen LogP contribution in [-0.2, 0) is 10.0 Å². The summed E-state index contributed by atoms with van der Waals surface area (Å²) in [5, 5.41) is 9.05. The van der Waals surface area contributed by atoms with Gasteiger partial charge >= 0.3 is 5.97 Å². The summed E-state index contributed by atoms with van der Waals surface area (Å²) in [7, 11) is -3.70. The van der Waals surface area contributed by atoms with Crippen molar-refractivity contribution in [2.75, 3.05) is 0 Å². The van der Waals surface area contributed by atoms with Gasteiger partial charge in [0.05, 0.1) is 0 Å². The normalized spacial score (nSPS) is 23.1. The van der Waals surface area contributed by atoms with Crippen molar-refractivity contribution in [3.05, 3.63) is 17.0 Å². The van der Waals surface area contributed by atoms with Gasteiger partial charge in [0.15, 0.2) is 0 Å². The first-order valence-corrected chi connectivity index (χ1v) is 8.17. The number of carboxylic acids is 1. The predicted molar refractivity (Wildman–Crippen MR) is 74.4 cm³/mol. The number of aromatic amines is 1. The van der Waals surface area contributed by atoms with Crippen LogP contribution < -0.4 is 4.72 Å². The van der Waals surface area contributed by atoms with Gasteiger partial charge in [-0.1, -0.05) is 13.3 Å². The molecule has 6 nitrogen and oxygen atoms in total. The zero-order chi connectivity index (χ0) is 15.1. The van der Waals surface area contributed by atoms with Crippen LogP contribution in [0, 0.1) is 19.8 Å². The first kappa shape index (κ1) is 15.1. The van der Waals surface area contributed by atoms with Crippen LogP contribution in [0.25, 0.3) is 0 Å². The van der Waals surface area contributed by atoms with Crippen LogP contribution in [-0.4, -0.2) is 30.5 Å². The molecule has 0 saturated heterocycles. The third-order valence-electron chi connectivity index (χ3n) is 4.02. The largest absolute Gasteiger partial charge is 0.477 e. The highest BCUT2D eigenvalue weighted by molar-refractivity contribution is 7.89. The van der Waals surface area contributed by atoms with Gasteiger partial charge in [-0.3, -0.25) is 0 Å². The second-order valence-corrected chi connectivity index (χ2v) is 7.17. The lowest BCUT2D eigenvalue weighted by Gasteiger charge is -2.17. The summed E-state index contributed by atoms with van der Waals surface area (Å²) >= 11 is 0. The third kappa shape index (κ3) is 2.60. The van der Waals surface area contributed by atoms with E-state index in [2.05, 4.69) is 9.71 Å². The Balaban J connectivity index is 2.37. The number of hydrogen-bond donors (Lipinski definition) is 3. The molecule has 1 heterocycles. The minimum absolute atomic E-state index is 0.0639. The number of aromatic nitrogens is 1. The molecule has 0 radical (unpaired) electrons. The average Bonchev–Trinajstić information content (AvgIpc) is 2.83. The van der Waals surface area contributed by atoms with E-state index in [9.17, 15) is 13.2 Å². The molecule has 0 aromatic carbocycles. The van der Waals surface area contributed by atoms with Crippen molar-refractivity contribution in [3.8, 4) is 0 Å². The van der Waals surface area contributed by atoms with Crippen LogP contribution >= 0.6 is 0 Å². The fourth-order valence-corrected chi connectivity index (χ4v) is 4.75. The van der Waals surface area contributed by atoms with Crippen molar-refractivity contribution in [2.45, 2.75) is 51.0 Å². The van der Waals surface area contributed by atoms with Gasteiger partial charge in [-0.05, 0) is 32.6 Å². The molecule has 3 N–H and O–H groups in total. The van der Waals surface area contributed by atoms with Gasteiger partial charge in [-0.25, -0.2) is 17.9 Å². The molecule has 0 amide bonds. The summed E-state index contributed by atoms with van der Waals surface area (Å²) in [5.74, 6) is -0.843. The van der Waals surface area contributed by atoms with E-state index < -0.39 is 16.0 Å². The van der Waals surface area contributed by atoms with E-state index in [4.69, 9.17) is 5.11 Å². The first-order chi connectivity index (χ1) is 9.24. The van der Waals surface area contributed by atoms with Gasteiger partial charge in [0.25, 0.3) is 0 Å². The first-order valence-electron chi connectivity index (χ1n) is 6.69. The summed E-state index contributed by atoms with van der Waals surface area (Å²) < 4.78 is 27.7. The highest BCUT2D eigenvalue weighted by Gasteiger charge is 2.32. The molecule has 2 rings (SSSR count). The van der Waals surface area contributed by atoms with Crippen LogP contribution in [0.5, 0.6) is 0 Å². The van der Waals surface area contributed by atoms with Gasteiger partial charge < -0.3 is 10.1 Å². The molecule has 0 aliphatic heterocycles. The lowest BCUT2D eigenvalue weighted by molar-refractivity contribution is 0.0690. The lowest BCUT2D eigenvalue weighted by atomic mass is 10.1. The Morgan fingerprint density at radius 3 is 2.45 bits per heavy atom. The average molecular weight is 300 g/mol. The van der Waals surface area contributed by atoms with Crippen molar-refractivity contribution >= 4 is 16.0 Å². The van der Waals surface area contributed by atoms with E-state index in [1.54, 1.807) is 6.92 Å². The second kappa shape index (κ2) is 5.21.